The summed E-state index contributed by atoms with van der Waals surface area (Å²) in [6.07, 6.45) is 4.99. The number of rotatable bonds is 4. The highest BCUT2D eigenvalue weighted by atomic mass is 16.5. The molecule has 0 bridgehead atoms. The van der Waals surface area contributed by atoms with Crippen molar-refractivity contribution in [3.8, 4) is 0 Å². The standard InChI is InChI=1S/C15H26N2O4/c1-3-15(13(18)19)8-6-9-17(15)14(20)16(2)11-12-7-4-5-10-21-12/h12H,3-11H2,1-2H3,(H,18,19). The Morgan fingerprint density at radius 2 is 2.14 bits per heavy atom. The third kappa shape index (κ3) is 3.15. The maximum absolute atomic E-state index is 12.6. The minimum absolute atomic E-state index is 0.0798. The van der Waals surface area contributed by atoms with Gasteiger partial charge in [-0.05, 0) is 38.5 Å². The van der Waals surface area contributed by atoms with Gasteiger partial charge in [0.05, 0.1) is 6.10 Å². The van der Waals surface area contributed by atoms with Gasteiger partial charge in [0.2, 0.25) is 0 Å². The molecule has 0 saturated carbocycles. The van der Waals surface area contributed by atoms with Gasteiger partial charge < -0.3 is 19.6 Å². The molecule has 2 atom stereocenters. The van der Waals surface area contributed by atoms with Crippen molar-refractivity contribution >= 4 is 12.0 Å². The lowest BCUT2D eigenvalue weighted by atomic mass is 9.93. The molecule has 21 heavy (non-hydrogen) atoms. The number of carbonyl (C=O) groups is 2. The monoisotopic (exact) mass is 298 g/mol. The molecule has 0 aliphatic carbocycles. The number of likely N-dealkylation sites (N-methyl/N-ethyl adjacent to an activating group) is 1. The van der Waals surface area contributed by atoms with E-state index in [0.717, 1.165) is 32.3 Å². The van der Waals surface area contributed by atoms with E-state index in [4.69, 9.17) is 4.74 Å². The SMILES string of the molecule is CCC1(C(=O)O)CCCN1C(=O)N(C)CC1CCCCO1. The van der Waals surface area contributed by atoms with E-state index in [9.17, 15) is 14.7 Å². The van der Waals surface area contributed by atoms with Gasteiger partial charge in [0.25, 0.3) is 0 Å². The van der Waals surface area contributed by atoms with Crippen LogP contribution in [0, 0.1) is 0 Å². The molecule has 0 radical (unpaired) electrons. The van der Waals surface area contributed by atoms with E-state index in [1.807, 2.05) is 6.92 Å². The van der Waals surface area contributed by atoms with Crippen LogP contribution in [0.2, 0.25) is 0 Å². The van der Waals surface area contributed by atoms with E-state index >= 15 is 0 Å². The molecule has 0 aromatic rings. The van der Waals surface area contributed by atoms with Crippen LogP contribution >= 0.6 is 0 Å². The van der Waals surface area contributed by atoms with Gasteiger partial charge in [-0.3, -0.25) is 0 Å². The van der Waals surface area contributed by atoms with E-state index in [2.05, 4.69) is 0 Å². The molecule has 2 aliphatic rings. The third-order valence-corrected chi connectivity index (χ3v) is 4.78. The van der Waals surface area contributed by atoms with E-state index in [-0.39, 0.29) is 12.1 Å². The zero-order chi connectivity index (χ0) is 15.5. The Morgan fingerprint density at radius 3 is 2.71 bits per heavy atom. The molecule has 6 heteroatoms. The smallest absolute Gasteiger partial charge is 0.329 e. The maximum atomic E-state index is 12.6. The average Bonchev–Trinajstić information content (AvgIpc) is 2.92. The number of urea groups is 1. The molecule has 2 unspecified atom stereocenters. The minimum atomic E-state index is -1.03. The Hall–Kier alpha value is -1.30. The zero-order valence-corrected chi connectivity index (χ0v) is 13.0. The Bertz CT molecular complexity index is 395. The topological polar surface area (TPSA) is 70.1 Å². The second-order valence-electron chi connectivity index (χ2n) is 6.10. The van der Waals surface area contributed by atoms with Gasteiger partial charge in [0.15, 0.2) is 0 Å². The molecule has 2 amide bonds. The van der Waals surface area contributed by atoms with Crippen LogP contribution in [-0.4, -0.2) is 65.3 Å². The summed E-state index contributed by atoms with van der Waals surface area (Å²) in [7, 11) is 1.74. The lowest BCUT2D eigenvalue weighted by Crippen LogP contribution is -2.56. The summed E-state index contributed by atoms with van der Waals surface area (Å²) in [4.78, 5) is 27.4. The summed E-state index contributed by atoms with van der Waals surface area (Å²) >= 11 is 0. The van der Waals surface area contributed by atoms with Crippen LogP contribution in [0.15, 0.2) is 0 Å². The summed E-state index contributed by atoms with van der Waals surface area (Å²) in [5, 5.41) is 9.55. The molecule has 2 rings (SSSR count). The number of carboxylic acids is 1. The van der Waals surface area contributed by atoms with Crippen molar-refractivity contribution in [3.63, 3.8) is 0 Å². The Morgan fingerprint density at radius 1 is 1.38 bits per heavy atom. The fraction of sp³-hybridized carbons (Fsp3) is 0.867. The molecule has 0 aromatic carbocycles. The van der Waals surface area contributed by atoms with Crippen LogP contribution in [-0.2, 0) is 9.53 Å². The van der Waals surface area contributed by atoms with Gasteiger partial charge in [-0.2, -0.15) is 0 Å². The van der Waals surface area contributed by atoms with E-state index < -0.39 is 11.5 Å². The normalized spacial score (nSPS) is 29.4. The number of hydrogen-bond donors (Lipinski definition) is 1. The van der Waals surface area contributed by atoms with Crippen molar-refractivity contribution in [2.24, 2.45) is 0 Å². The Labute approximate surface area is 126 Å². The molecular weight excluding hydrogens is 272 g/mol. The predicted octanol–water partition coefficient (Wildman–Crippen LogP) is 1.94. The summed E-state index contributed by atoms with van der Waals surface area (Å²) in [5.74, 6) is -0.891. The first kappa shape index (κ1) is 16.1. The zero-order valence-electron chi connectivity index (χ0n) is 13.0. The first-order valence-corrected chi connectivity index (χ1v) is 7.89. The summed E-state index contributed by atoms with van der Waals surface area (Å²) < 4.78 is 5.66. The number of amides is 2. The Kier molecular flexibility index (Phi) is 5.08. The number of carbonyl (C=O) groups excluding carboxylic acids is 1. The van der Waals surface area contributed by atoms with Crippen molar-refractivity contribution in [3.05, 3.63) is 0 Å². The lowest BCUT2D eigenvalue weighted by Gasteiger charge is -2.37. The Balaban J connectivity index is 2.02. The number of hydrogen-bond acceptors (Lipinski definition) is 3. The van der Waals surface area contributed by atoms with Gasteiger partial charge in [-0.25, -0.2) is 9.59 Å². The van der Waals surface area contributed by atoms with Crippen molar-refractivity contribution in [1.82, 2.24) is 9.80 Å². The molecule has 2 fully saturated rings. The fourth-order valence-electron chi connectivity index (χ4n) is 3.44. The number of aliphatic carboxylic acids is 1. The van der Waals surface area contributed by atoms with E-state index in [1.165, 1.54) is 4.90 Å². The summed E-state index contributed by atoms with van der Waals surface area (Å²) in [6, 6.07) is -0.189. The molecule has 0 aromatic heterocycles. The van der Waals surface area contributed by atoms with Gasteiger partial charge in [-0.15, -0.1) is 0 Å². The number of likely N-dealkylation sites (tertiary alicyclic amines) is 1. The second kappa shape index (κ2) is 6.64. The van der Waals surface area contributed by atoms with Crippen molar-refractivity contribution in [1.29, 1.82) is 0 Å². The van der Waals surface area contributed by atoms with Gasteiger partial charge >= 0.3 is 12.0 Å². The summed E-state index contributed by atoms with van der Waals surface area (Å²) in [5.41, 5.74) is -1.03. The molecule has 0 spiro atoms. The first-order valence-electron chi connectivity index (χ1n) is 7.89. The van der Waals surface area contributed by atoms with E-state index in [1.54, 1.807) is 11.9 Å². The quantitative estimate of drug-likeness (QED) is 0.861. The van der Waals surface area contributed by atoms with Gasteiger partial charge in [0, 0.05) is 26.7 Å². The van der Waals surface area contributed by atoms with E-state index in [0.29, 0.717) is 25.9 Å². The van der Waals surface area contributed by atoms with Crippen molar-refractivity contribution in [2.45, 2.75) is 57.1 Å². The third-order valence-electron chi connectivity index (χ3n) is 4.78. The fourth-order valence-corrected chi connectivity index (χ4v) is 3.44. The van der Waals surface area contributed by atoms with Crippen LogP contribution < -0.4 is 0 Å². The molecule has 6 nitrogen and oxygen atoms in total. The largest absolute Gasteiger partial charge is 0.479 e. The number of carboxylic acid groups (broad SMARTS) is 1. The highest BCUT2D eigenvalue weighted by molar-refractivity contribution is 5.87. The van der Waals surface area contributed by atoms with Crippen LogP contribution in [0.5, 0.6) is 0 Å². The number of nitrogens with zero attached hydrogens (tertiary/aromatic N) is 2. The molecule has 1 N–H and O–H groups in total. The van der Waals surface area contributed by atoms with Gasteiger partial charge in [-0.1, -0.05) is 6.92 Å². The highest BCUT2D eigenvalue weighted by Gasteiger charge is 2.49. The predicted molar refractivity (Wildman–Crippen MR) is 78.2 cm³/mol. The van der Waals surface area contributed by atoms with Crippen LogP contribution in [0.1, 0.15) is 45.4 Å². The van der Waals surface area contributed by atoms with Crippen LogP contribution in [0.25, 0.3) is 0 Å². The lowest BCUT2D eigenvalue weighted by molar-refractivity contribution is -0.148. The minimum Gasteiger partial charge on any atom is -0.479 e. The number of ether oxygens (including phenoxy) is 1. The molecule has 2 heterocycles. The molecule has 120 valence electrons. The van der Waals surface area contributed by atoms with Crippen molar-refractivity contribution < 1.29 is 19.4 Å². The van der Waals surface area contributed by atoms with Gasteiger partial charge in [0.1, 0.15) is 5.54 Å². The molecule has 2 aliphatic heterocycles. The average molecular weight is 298 g/mol. The molecular formula is C15H26N2O4. The second-order valence-corrected chi connectivity index (χ2v) is 6.10. The highest BCUT2D eigenvalue weighted by Crippen LogP contribution is 2.33. The van der Waals surface area contributed by atoms with Crippen LogP contribution in [0.4, 0.5) is 4.79 Å². The first-order chi connectivity index (χ1) is 10.0. The van der Waals surface area contributed by atoms with Crippen molar-refractivity contribution in [2.75, 3.05) is 26.7 Å². The van der Waals surface area contributed by atoms with Crippen LogP contribution in [0.3, 0.4) is 0 Å². The summed E-state index contributed by atoms with van der Waals surface area (Å²) in [6.45, 7) is 3.65. The maximum Gasteiger partial charge on any atom is 0.329 e. The molecule has 2 saturated heterocycles.